The molecule has 0 radical (unpaired) electrons. The van der Waals surface area contributed by atoms with Crippen LogP contribution in [0.1, 0.15) is 71.2 Å². The number of nitriles is 2. The van der Waals surface area contributed by atoms with E-state index in [9.17, 15) is 15.3 Å². The minimum atomic E-state index is -1.45. The molecule has 2 atom stereocenters. The Morgan fingerprint density at radius 3 is 1.69 bits per heavy atom. The molecule has 0 saturated carbocycles. The molecular formula is C40H22Cl2N4O3S2. The number of nitrogens with zero attached hydrogens (tertiary/aromatic N) is 4. The van der Waals surface area contributed by atoms with Crippen LogP contribution in [0.4, 0.5) is 0 Å². The predicted molar refractivity (Wildman–Crippen MR) is 198 cm³/mol. The van der Waals surface area contributed by atoms with Crippen LogP contribution in [0, 0.1) is 36.5 Å². The number of esters is 1. The Labute approximate surface area is 309 Å². The van der Waals surface area contributed by atoms with E-state index in [1.807, 2.05) is 86.6 Å². The third kappa shape index (κ3) is 4.56. The first-order valence-corrected chi connectivity index (χ1v) is 18.3. The van der Waals surface area contributed by atoms with Crippen molar-refractivity contribution in [3.63, 3.8) is 0 Å². The highest BCUT2D eigenvalue weighted by Gasteiger charge is 2.55. The summed E-state index contributed by atoms with van der Waals surface area (Å²) in [6, 6.07) is 31.2. The SMILES string of the molecule is Cc1c(C(C#N)c2nc3ccccc3s2)ccc2c1Oc1c(ccc(C(C#N)c3nc4ccccc4s3)c1C)C21OC(=O)c2cc(Cl)c(Cl)cc21. The second kappa shape index (κ2) is 11.6. The van der Waals surface area contributed by atoms with E-state index >= 15 is 0 Å². The molecule has 11 heteroatoms. The van der Waals surface area contributed by atoms with Gasteiger partial charge in [0.2, 0.25) is 0 Å². The largest absolute Gasteiger partial charge is 0.456 e. The molecule has 5 aromatic carbocycles. The van der Waals surface area contributed by atoms with Gasteiger partial charge in [-0.2, -0.15) is 10.5 Å². The van der Waals surface area contributed by atoms with E-state index in [-0.39, 0.29) is 10.0 Å². The normalized spacial score (nSPS) is 16.9. The summed E-state index contributed by atoms with van der Waals surface area (Å²) in [5, 5.41) is 22.9. The van der Waals surface area contributed by atoms with E-state index in [2.05, 4.69) is 12.1 Å². The van der Waals surface area contributed by atoms with Gasteiger partial charge in [-0.15, -0.1) is 22.7 Å². The van der Waals surface area contributed by atoms with Crippen molar-refractivity contribution < 1.29 is 14.3 Å². The molecule has 0 saturated heterocycles. The summed E-state index contributed by atoms with van der Waals surface area (Å²) in [4.78, 5) is 23.3. The first-order chi connectivity index (χ1) is 24.7. The molecule has 2 aliphatic heterocycles. The Balaban J connectivity index is 1.27. The van der Waals surface area contributed by atoms with Gasteiger partial charge < -0.3 is 9.47 Å². The van der Waals surface area contributed by atoms with Crippen LogP contribution in [-0.4, -0.2) is 15.9 Å². The zero-order chi connectivity index (χ0) is 35.2. The highest BCUT2D eigenvalue weighted by molar-refractivity contribution is 7.19. The van der Waals surface area contributed by atoms with Crippen molar-refractivity contribution in [3.05, 3.63) is 149 Å². The molecule has 246 valence electrons. The van der Waals surface area contributed by atoms with Crippen LogP contribution in [0.2, 0.25) is 10.0 Å². The van der Waals surface area contributed by atoms with Gasteiger partial charge in [0, 0.05) is 16.7 Å². The number of hydrogen-bond donors (Lipinski definition) is 0. The fourth-order valence-electron chi connectivity index (χ4n) is 7.30. The monoisotopic (exact) mass is 740 g/mol. The van der Waals surface area contributed by atoms with Crippen molar-refractivity contribution in [2.24, 2.45) is 0 Å². The topological polar surface area (TPSA) is 109 Å². The van der Waals surface area contributed by atoms with Crippen LogP contribution in [0.25, 0.3) is 20.4 Å². The van der Waals surface area contributed by atoms with Crippen molar-refractivity contribution in [1.82, 2.24) is 9.97 Å². The van der Waals surface area contributed by atoms with Crippen molar-refractivity contribution >= 4 is 72.3 Å². The lowest BCUT2D eigenvalue weighted by Crippen LogP contribution is -2.34. The number of benzene rings is 5. The maximum Gasteiger partial charge on any atom is 0.340 e. The van der Waals surface area contributed by atoms with Crippen LogP contribution >= 0.6 is 45.9 Å². The van der Waals surface area contributed by atoms with Gasteiger partial charge in [0.05, 0.1) is 48.2 Å². The van der Waals surface area contributed by atoms with Crippen LogP contribution in [0.5, 0.6) is 11.5 Å². The van der Waals surface area contributed by atoms with E-state index in [4.69, 9.17) is 42.6 Å². The summed E-state index contributed by atoms with van der Waals surface area (Å²) in [5.74, 6) is -1.03. The summed E-state index contributed by atoms with van der Waals surface area (Å²) < 4.78 is 15.3. The summed E-state index contributed by atoms with van der Waals surface area (Å²) in [5.41, 5.74) is 5.00. The maximum atomic E-state index is 13.7. The van der Waals surface area contributed by atoms with E-state index < -0.39 is 23.4 Å². The van der Waals surface area contributed by atoms with Crippen LogP contribution in [0.3, 0.4) is 0 Å². The lowest BCUT2D eigenvalue weighted by Gasteiger charge is -2.39. The fraction of sp³-hybridized carbons (Fsp3) is 0.125. The average molecular weight is 742 g/mol. The van der Waals surface area contributed by atoms with Gasteiger partial charge in [-0.3, -0.25) is 0 Å². The molecular weight excluding hydrogens is 720 g/mol. The quantitative estimate of drug-likeness (QED) is 0.165. The van der Waals surface area contributed by atoms with Gasteiger partial charge in [-0.1, -0.05) is 71.7 Å². The molecule has 7 aromatic rings. The van der Waals surface area contributed by atoms with E-state index in [0.29, 0.717) is 66.0 Å². The second-order valence-corrected chi connectivity index (χ2v) is 15.4. The Morgan fingerprint density at radius 2 is 1.20 bits per heavy atom. The predicted octanol–water partition coefficient (Wildman–Crippen LogP) is 10.7. The summed E-state index contributed by atoms with van der Waals surface area (Å²) >= 11 is 16.0. The standard InChI is InChI=1S/C40H22Cl2N4O3S2/c1-19-21(24(17-43)37-45-31-7-3-5-9-33(31)50-37)11-13-26-35(19)48-36-20(2)22(25(18-44)38-46-32-8-4-6-10-34(32)51-38)12-14-27(36)40(26)28-16-30(42)29(41)15-23(28)39(47)49-40/h3-16,24-25H,1-2H3. The number of thiazole rings is 2. The molecule has 2 aliphatic rings. The van der Waals surface area contributed by atoms with Crippen molar-refractivity contribution in [2.45, 2.75) is 31.3 Å². The van der Waals surface area contributed by atoms with Crippen molar-refractivity contribution in [1.29, 1.82) is 10.5 Å². The van der Waals surface area contributed by atoms with Gasteiger partial charge in [-0.05, 0) is 72.5 Å². The number of carbonyl (C=O) groups is 1. The molecule has 0 aliphatic carbocycles. The minimum absolute atomic E-state index is 0.232. The molecule has 0 N–H and O–H groups in total. The van der Waals surface area contributed by atoms with E-state index in [0.717, 1.165) is 20.4 Å². The molecule has 2 unspecified atom stereocenters. The fourth-order valence-corrected chi connectivity index (χ4v) is 9.69. The zero-order valence-electron chi connectivity index (χ0n) is 26.8. The van der Waals surface area contributed by atoms with E-state index in [1.165, 1.54) is 28.7 Å². The van der Waals surface area contributed by atoms with Crippen LogP contribution in [-0.2, 0) is 10.3 Å². The molecule has 1 spiro atoms. The number of rotatable bonds is 4. The first-order valence-electron chi connectivity index (χ1n) is 15.9. The molecule has 0 amide bonds. The van der Waals surface area contributed by atoms with Crippen molar-refractivity contribution in [3.8, 4) is 23.6 Å². The van der Waals surface area contributed by atoms with Crippen LogP contribution in [0.15, 0.2) is 84.9 Å². The molecule has 0 fully saturated rings. The van der Waals surface area contributed by atoms with Crippen LogP contribution < -0.4 is 4.74 Å². The van der Waals surface area contributed by atoms with Crippen molar-refractivity contribution in [2.75, 3.05) is 0 Å². The number of hydrogen-bond acceptors (Lipinski definition) is 9. The Kier molecular flexibility index (Phi) is 7.22. The number of fused-ring (bicyclic) bond motifs is 8. The summed E-state index contributed by atoms with van der Waals surface area (Å²) in [6.45, 7) is 3.80. The molecule has 4 heterocycles. The molecule has 9 rings (SSSR count). The third-order valence-electron chi connectivity index (χ3n) is 9.76. The highest BCUT2D eigenvalue weighted by Crippen LogP contribution is 2.59. The lowest BCUT2D eigenvalue weighted by atomic mass is 9.74. The van der Waals surface area contributed by atoms with Gasteiger partial charge >= 0.3 is 5.97 Å². The van der Waals surface area contributed by atoms with Gasteiger partial charge in [-0.25, -0.2) is 14.8 Å². The number of halogens is 2. The lowest BCUT2D eigenvalue weighted by molar-refractivity contribution is 0.0223. The third-order valence-corrected chi connectivity index (χ3v) is 12.7. The molecule has 0 bridgehead atoms. The van der Waals surface area contributed by atoms with Gasteiger partial charge in [0.15, 0.2) is 5.60 Å². The molecule has 7 nitrogen and oxygen atoms in total. The molecule has 51 heavy (non-hydrogen) atoms. The second-order valence-electron chi connectivity index (χ2n) is 12.5. The Bertz CT molecular complexity index is 2530. The Hall–Kier alpha value is -5.29. The average Bonchev–Trinajstić information content (AvgIpc) is 3.83. The smallest absolute Gasteiger partial charge is 0.340 e. The summed E-state index contributed by atoms with van der Waals surface area (Å²) in [7, 11) is 0. The number of ether oxygens (including phenoxy) is 2. The maximum absolute atomic E-state index is 13.7. The Morgan fingerprint density at radius 1 is 0.706 bits per heavy atom. The van der Waals surface area contributed by atoms with Gasteiger partial charge in [0.1, 0.15) is 33.4 Å². The minimum Gasteiger partial charge on any atom is -0.456 e. The number of carbonyl (C=O) groups excluding carboxylic acids is 1. The number of aromatic nitrogens is 2. The molecule has 2 aromatic heterocycles. The first kappa shape index (κ1) is 31.7. The highest BCUT2D eigenvalue weighted by atomic mass is 35.5. The zero-order valence-corrected chi connectivity index (χ0v) is 30.0. The summed E-state index contributed by atoms with van der Waals surface area (Å²) in [6.07, 6.45) is 0. The number of para-hydroxylation sites is 2. The van der Waals surface area contributed by atoms with Gasteiger partial charge in [0.25, 0.3) is 0 Å². The van der Waals surface area contributed by atoms with E-state index in [1.54, 1.807) is 6.07 Å².